The fourth-order valence-electron chi connectivity index (χ4n) is 0. The zero-order valence-electron chi connectivity index (χ0n) is 1.42. The summed E-state index contributed by atoms with van der Waals surface area (Å²) in [5.74, 6) is 0. The average molecular weight is 287 g/mol. The van der Waals surface area contributed by atoms with E-state index in [1.54, 1.807) is 0 Å². The SMILES string of the molecule is [Ag].[GaH3].[S]=[GeH2]. The summed E-state index contributed by atoms with van der Waals surface area (Å²) in [6, 6.07) is 0. The molecular formula is H5AgGaGeS. The van der Waals surface area contributed by atoms with E-state index >= 15 is 0 Å². The molecule has 0 aromatic heterocycles. The van der Waals surface area contributed by atoms with Crippen LogP contribution in [-0.2, 0) is 22.4 Å². The molecule has 0 fully saturated rings. The summed E-state index contributed by atoms with van der Waals surface area (Å²) in [7, 11) is 4.21. The van der Waals surface area contributed by atoms with Crippen LogP contribution < -0.4 is 0 Å². The number of rotatable bonds is 0. The predicted molar refractivity (Wildman–Crippen MR) is 26.1 cm³/mol. The van der Waals surface area contributed by atoms with Gasteiger partial charge in [-0.2, -0.15) is 0 Å². The predicted octanol–water partition coefficient (Wildman–Crippen LogP) is -1.45. The van der Waals surface area contributed by atoms with Crippen molar-refractivity contribution in [2.75, 3.05) is 0 Å². The first-order chi connectivity index (χ1) is 1.00. The van der Waals surface area contributed by atoms with E-state index in [0.717, 1.165) is 14.9 Å². The summed E-state index contributed by atoms with van der Waals surface area (Å²) in [5, 5.41) is 0. The molecule has 4 heteroatoms. The van der Waals surface area contributed by atoms with E-state index in [9.17, 15) is 0 Å². The van der Waals surface area contributed by atoms with Crippen LogP contribution in [0.4, 0.5) is 0 Å². The number of hydrogen-bond acceptors (Lipinski definition) is 1. The van der Waals surface area contributed by atoms with Crippen molar-refractivity contribution in [2.45, 2.75) is 0 Å². The van der Waals surface area contributed by atoms with Crippen molar-refractivity contribution < 1.29 is 22.4 Å². The van der Waals surface area contributed by atoms with Crippen molar-refractivity contribution >= 4 is 45.1 Å². The maximum absolute atomic E-state index is 4.21. The molecule has 0 nitrogen and oxygen atoms in total. The van der Waals surface area contributed by atoms with E-state index in [-0.39, 0.29) is 42.2 Å². The zero-order chi connectivity index (χ0) is 2.00. The Bertz CT molecular complexity index is 8.00. The van der Waals surface area contributed by atoms with Gasteiger partial charge in [-0.15, -0.1) is 0 Å². The third-order valence-corrected chi connectivity index (χ3v) is 0. The molecule has 0 aliphatic heterocycles. The first-order valence-corrected chi connectivity index (χ1v) is 4.50. The third-order valence-electron chi connectivity index (χ3n) is 0. The van der Waals surface area contributed by atoms with Gasteiger partial charge in [0.15, 0.2) is 0 Å². The van der Waals surface area contributed by atoms with E-state index in [0.29, 0.717) is 0 Å². The molecule has 4 heavy (non-hydrogen) atoms. The Morgan fingerprint density at radius 2 is 1.25 bits per heavy atom. The molecule has 0 aliphatic carbocycles. The van der Waals surface area contributed by atoms with Gasteiger partial charge in [0.2, 0.25) is 0 Å². The molecule has 0 rings (SSSR count). The minimum atomic E-state index is 0. The van der Waals surface area contributed by atoms with Gasteiger partial charge in [0, 0.05) is 22.4 Å². The molecule has 0 aromatic rings. The second-order valence-corrected chi connectivity index (χ2v) is 0. The summed E-state index contributed by atoms with van der Waals surface area (Å²) in [4.78, 5) is 0. The van der Waals surface area contributed by atoms with Crippen molar-refractivity contribution in [1.29, 1.82) is 0 Å². The van der Waals surface area contributed by atoms with Crippen LogP contribution in [0, 0.1) is 0 Å². The van der Waals surface area contributed by atoms with E-state index in [4.69, 9.17) is 0 Å². The molecule has 0 bridgehead atoms. The monoisotopic (exact) mass is 287 g/mol. The van der Waals surface area contributed by atoms with E-state index in [2.05, 4.69) is 10.5 Å². The quantitative estimate of drug-likeness (QED) is 0.491. The maximum atomic E-state index is 4.21. The zero-order valence-corrected chi connectivity index (χ0v) is 6.68. The van der Waals surface area contributed by atoms with Gasteiger partial charge in [-0.1, -0.05) is 0 Å². The van der Waals surface area contributed by atoms with E-state index in [1.165, 1.54) is 0 Å². The molecular weight excluding hydrogens is 282 g/mol. The van der Waals surface area contributed by atoms with Crippen LogP contribution in [0.25, 0.3) is 0 Å². The van der Waals surface area contributed by atoms with Crippen molar-refractivity contribution in [2.24, 2.45) is 0 Å². The van der Waals surface area contributed by atoms with Crippen molar-refractivity contribution in [3.63, 3.8) is 0 Å². The third kappa shape index (κ3) is 8.91. The second-order valence-electron chi connectivity index (χ2n) is 0. The van der Waals surface area contributed by atoms with Gasteiger partial charge >= 0.3 is 45.1 Å². The Kier molecular flexibility index (Phi) is 79.1. The number of hydrogen-bond donors (Lipinski definition) is 0. The van der Waals surface area contributed by atoms with Crippen molar-refractivity contribution in [3.8, 4) is 0 Å². The summed E-state index contributed by atoms with van der Waals surface area (Å²) >= 11 is 0.958. The van der Waals surface area contributed by atoms with Gasteiger partial charge in [-0.25, -0.2) is 0 Å². The van der Waals surface area contributed by atoms with Crippen LogP contribution in [0.15, 0.2) is 0 Å². The van der Waals surface area contributed by atoms with Crippen LogP contribution in [-0.4, -0.2) is 34.6 Å². The van der Waals surface area contributed by atoms with Crippen LogP contribution in [0.3, 0.4) is 0 Å². The standard InChI is InChI=1S/Ag.Ga.GeH2S.3H/c;;1-2;;;/h;;1H2;;;. The molecule has 0 N–H and O–H groups in total. The van der Waals surface area contributed by atoms with Crippen LogP contribution in [0.2, 0.25) is 0 Å². The Labute approximate surface area is 66.7 Å². The summed E-state index contributed by atoms with van der Waals surface area (Å²) in [5.41, 5.74) is 0. The normalized spacial score (nSPS) is 1.00. The topological polar surface area (TPSA) is 0 Å². The van der Waals surface area contributed by atoms with Crippen molar-refractivity contribution in [1.82, 2.24) is 0 Å². The molecule has 0 heterocycles. The molecule has 0 aliphatic rings. The first-order valence-electron chi connectivity index (χ1n) is 0.289. The molecule has 0 atom stereocenters. The molecule has 0 spiro atoms. The van der Waals surface area contributed by atoms with Crippen LogP contribution in [0.5, 0.6) is 0 Å². The van der Waals surface area contributed by atoms with Gasteiger partial charge < -0.3 is 0 Å². The average Bonchev–Trinajstić information content (AvgIpc) is 1.00. The Hall–Kier alpha value is 2.14. The Morgan fingerprint density at radius 3 is 1.25 bits per heavy atom. The Balaban J connectivity index is -0.00000000500. The van der Waals surface area contributed by atoms with Crippen molar-refractivity contribution in [3.05, 3.63) is 0 Å². The summed E-state index contributed by atoms with van der Waals surface area (Å²) in [6.45, 7) is 0. The van der Waals surface area contributed by atoms with Gasteiger partial charge in [0.1, 0.15) is 0 Å². The van der Waals surface area contributed by atoms with Gasteiger partial charge in [-0.05, 0) is 0 Å². The second kappa shape index (κ2) is 19.2. The first kappa shape index (κ1) is 16.5. The van der Waals surface area contributed by atoms with Gasteiger partial charge in [-0.3, -0.25) is 0 Å². The minimum absolute atomic E-state index is 0. The molecule has 29 valence electrons. The molecule has 1 radical (unpaired) electrons. The van der Waals surface area contributed by atoms with Crippen LogP contribution >= 0.6 is 10.5 Å². The van der Waals surface area contributed by atoms with E-state index < -0.39 is 0 Å². The fraction of sp³-hybridized carbons (Fsp3) is 0. The summed E-state index contributed by atoms with van der Waals surface area (Å²) in [6.07, 6.45) is 0. The van der Waals surface area contributed by atoms with E-state index in [1.807, 2.05) is 0 Å². The summed E-state index contributed by atoms with van der Waals surface area (Å²) < 4.78 is 0. The Morgan fingerprint density at radius 1 is 1.25 bits per heavy atom. The molecule has 0 amide bonds. The molecule has 0 saturated carbocycles. The van der Waals surface area contributed by atoms with Gasteiger partial charge in [0.05, 0.1) is 0 Å². The molecule has 0 aromatic carbocycles. The molecule has 0 saturated heterocycles. The fourth-order valence-corrected chi connectivity index (χ4v) is 0. The molecule has 0 unspecified atom stereocenters. The van der Waals surface area contributed by atoms with Crippen LogP contribution in [0.1, 0.15) is 0 Å². The van der Waals surface area contributed by atoms with Gasteiger partial charge in [0.25, 0.3) is 0 Å².